The van der Waals surface area contributed by atoms with Crippen LogP contribution >= 0.6 is 0 Å². The number of hydrogen-bond donors (Lipinski definition) is 0. The van der Waals surface area contributed by atoms with E-state index in [1.165, 1.54) is 0 Å². The molecule has 0 radical (unpaired) electrons. The van der Waals surface area contributed by atoms with Crippen LogP contribution in [0.1, 0.15) is 24.7 Å². The summed E-state index contributed by atoms with van der Waals surface area (Å²) < 4.78 is 13.1. The van der Waals surface area contributed by atoms with Crippen LogP contribution in [0.15, 0.2) is 30.3 Å². The van der Waals surface area contributed by atoms with Gasteiger partial charge in [-0.2, -0.15) is 4.52 Å². The number of fused-ring (bicyclic) bond motifs is 3. The maximum Gasteiger partial charge on any atom is 0.263 e. The third kappa shape index (κ3) is 3.34. The molecule has 31 heavy (non-hydrogen) atoms. The lowest BCUT2D eigenvalue weighted by atomic mass is 9.86. The lowest BCUT2D eigenvalue weighted by Gasteiger charge is -2.56. The van der Waals surface area contributed by atoms with E-state index in [9.17, 15) is 4.79 Å². The first-order valence-electron chi connectivity index (χ1n) is 10.5. The molecule has 2 aromatic heterocycles. The van der Waals surface area contributed by atoms with Gasteiger partial charge in [0.05, 0.1) is 19.2 Å². The molecule has 0 saturated carbocycles. The van der Waals surface area contributed by atoms with Crippen LogP contribution in [-0.4, -0.2) is 69.0 Å². The van der Waals surface area contributed by atoms with Crippen molar-refractivity contribution >= 4 is 17.4 Å². The third-order valence-electron chi connectivity index (χ3n) is 6.15. The highest BCUT2D eigenvalue weighted by Gasteiger charge is 2.48. The number of benzene rings is 1. The summed E-state index contributed by atoms with van der Waals surface area (Å²) in [5.41, 5.74) is 1.81. The summed E-state index contributed by atoms with van der Waals surface area (Å²) in [6, 6.07) is 9.93. The lowest BCUT2D eigenvalue weighted by molar-refractivity contribution is -0.153. The molecule has 3 aromatic rings. The SMILES string of the molecule is COc1cc(C)ccc1OC(C)C(=O)N1C2CC1CN(c1ccc3nnc(C)n3n1)C2. The predicted molar refractivity (Wildman–Crippen MR) is 115 cm³/mol. The molecule has 6 rings (SSSR count). The van der Waals surface area contributed by atoms with E-state index in [2.05, 4.69) is 20.2 Å². The molecule has 3 saturated heterocycles. The molecule has 3 aliphatic heterocycles. The summed E-state index contributed by atoms with van der Waals surface area (Å²) in [4.78, 5) is 17.4. The molecule has 162 valence electrons. The molecule has 0 N–H and O–H groups in total. The molecule has 1 amide bonds. The summed E-state index contributed by atoms with van der Waals surface area (Å²) in [6.07, 6.45) is 0.430. The van der Waals surface area contributed by atoms with Crippen LogP contribution in [0.2, 0.25) is 0 Å². The van der Waals surface area contributed by atoms with E-state index in [1.807, 2.05) is 49.1 Å². The van der Waals surface area contributed by atoms with Crippen molar-refractivity contribution in [2.45, 2.75) is 45.4 Å². The fourth-order valence-electron chi connectivity index (χ4n) is 4.53. The summed E-state index contributed by atoms with van der Waals surface area (Å²) in [6.45, 7) is 7.18. The minimum atomic E-state index is -0.581. The van der Waals surface area contributed by atoms with Crippen LogP contribution in [0.3, 0.4) is 0 Å². The molecule has 0 spiro atoms. The second-order valence-corrected chi connectivity index (χ2v) is 8.32. The zero-order chi connectivity index (χ0) is 21.7. The van der Waals surface area contributed by atoms with Gasteiger partial charge in [-0.3, -0.25) is 4.79 Å². The van der Waals surface area contributed by atoms with Gasteiger partial charge in [0.1, 0.15) is 5.82 Å². The number of carbonyl (C=O) groups excluding carboxylic acids is 1. The first-order valence-corrected chi connectivity index (χ1v) is 10.5. The second kappa shape index (κ2) is 7.40. The van der Waals surface area contributed by atoms with Crippen molar-refractivity contribution in [1.29, 1.82) is 0 Å². The molecule has 3 unspecified atom stereocenters. The van der Waals surface area contributed by atoms with Gasteiger partial charge in [-0.15, -0.1) is 15.3 Å². The van der Waals surface area contributed by atoms with Crippen LogP contribution < -0.4 is 14.4 Å². The number of amides is 1. The summed E-state index contributed by atoms with van der Waals surface area (Å²) in [5, 5.41) is 12.8. The van der Waals surface area contributed by atoms with Crippen molar-refractivity contribution in [2.75, 3.05) is 25.1 Å². The largest absolute Gasteiger partial charge is 0.493 e. The van der Waals surface area contributed by atoms with Gasteiger partial charge in [-0.05, 0) is 57.0 Å². The summed E-state index contributed by atoms with van der Waals surface area (Å²) in [7, 11) is 1.61. The Hall–Kier alpha value is -3.36. The average molecular weight is 422 g/mol. The second-order valence-electron chi connectivity index (χ2n) is 8.32. The predicted octanol–water partition coefficient (Wildman–Crippen LogP) is 2.01. The Kier molecular flexibility index (Phi) is 4.68. The molecule has 3 atom stereocenters. The third-order valence-corrected chi connectivity index (χ3v) is 6.15. The maximum atomic E-state index is 13.1. The highest BCUT2D eigenvalue weighted by atomic mass is 16.5. The van der Waals surface area contributed by atoms with Crippen molar-refractivity contribution in [3.8, 4) is 11.5 Å². The molecule has 3 fully saturated rings. The Morgan fingerprint density at radius 2 is 1.87 bits per heavy atom. The van der Waals surface area contributed by atoms with Crippen LogP contribution in [0.5, 0.6) is 11.5 Å². The van der Waals surface area contributed by atoms with Crippen molar-refractivity contribution in [3.05, 3.63) is 41.7 Å². The van der Waals surface area contributed by atoms with E-state index in [-0.39, 0.29) is 18.0 Å². The molecule has 1 aromatic carbocycles. The minimum absolute atomic E-state index is 0.0154. The summed E-state index contributed by atoms with van der Waals surface area (Å²) in [5.74, 6) is 2.88. The van der Waals surface area contributed by atoms with E-state index in [1.54, 1.807) is 18.5 Å². The number of aryl methyl sites for hydroxylation is 2. The van der Waals surface area contributed by atoms with Crippen LogP contribution in [-0.2, 0) is 4.79 Å². The molecule has 5 heterocycles. The van der Waals surface area contributed by atoms with Crippen LogP contribution in [0, 0.1) is 13.8 Å². The minimum Gasteiger partial charge on any atom is -0.493 e. The molecule has 9 heteroatoms. The number of nitrogens with zero attached hydrogens (tertiary/aromatic N) is 6. The molecule has 9 nitrogen and oxygen atoms in total. The molecule has 3 aliphatic rings. The number of piperazine rings is 1. The Morgan fingerprint density at radius 1 is 1.10 bits per heavy atom. The number of hydrogen-bond acceptors (Lipinski definition) is 7. The monoisotopic (exact) mass is 422 g/mol. The van der Waals surface area contributed by atoms with E-state index in [0.717, 1.165) is 42.4 Å². The van der Waals surface area contributed by atoms with Crippen molar-refractivity contribution in [3.63, 3.8) is 0 Å². The van der Waals surface area contributed by atoms with Gasteiger partial charge in [0.2, 0.25) is 0 Å². The first kappa shape index (κ1) is 19.6. The molecule has 2 bridgehead atoms. The van der Waals surface area contributed by atoms with Gasteiger partial charge in [0.25, 0.3) is 5.91 Å². The molecule has 0 aliphatic carbocycles. The van der Waals surface area contributed by atoms with Gasteiger partial charge < -0.3 is 19.3 Å². The van der Waals surface area contributed by atoms with Crippen LogP contribution in [0.4, 0.5) is 5.82 Å². The van der Waals surface area contributed by atoms with Gasteiger partial charge in [-0.1, -0.05) is 6.07 Å². The number of aromatic nitrogens is 4. The molecular weight excluding hydrogens is 396 g/mol. The van der Waals surface area contributed by atoms with Crippen molar-refractivity contribution in [1.82, 2.24) is 24.7 Å². The number of methoxy groups -OCH3 is 1. The van der Waals surface area contributed by atoms with Gasteiger partial charge in [-0.25, -0.2) is 0 Å². The fraction of sp³-hybridized carbons (Fsp3) is 0.455. The standard InChI is InChI=1S/C22H26N6O3/c1-13-5-6-18(19(9-13)30-4)31-14(2)22(29)27-16-10-17(27)12-26(11-16)21-8-7-20-24-23-15(3)28(20)25-21/h5-9,14,16-17H,10-12H2,1-4H3. The number of piperidine rings is 1. The average Bonchev–Trinajstić information content (AvgIpc) is 3.15. The van der Waals surface area contributed by atoms with Gasteiger partial charge in [0.15, 0.2) is 29.1 Å². The molecular formula is C22H26N6O3. The Labute approximate surface area is 180 Å². The smallest absolute Gasteiger partial charge is 0.263 e. The van der Waals surface area contributed by atoms with Crippen molar-refractivity contribution < 1.29 is 14.3 Å². The summed E-state index contributed by atoms with van der Waals surface area (Å²) >= 11 is 0. The topological polar surface area (TPSA) is 85.1 Å². The Morgan fingerprint density at radius 3 is 2.61 bits per heavy atom. The Balaban J connectivity index is 1.27. The lowest BCUT2D eigenvalue weighted by Crippen LogP contribution is -2.71. The highest BCUT2D eigenvalue weighted by molar-refractivity contribution is 5.83. The zero-order valence-corrected chi connectivity index (χ0v) is 18.1. The maximum absolute atomic E-state index is 13.1. The van der Waals surface area contributed by atoms with E-state index < -0.39 is 6.10 Å². The zero-order valence-electron chi connectivity index (χ0n) is 18.1. The number of ether oxygens (including phenoxy) is 2. The number of anilines is 1. The van der Waals surface area contributed by atoms with Gasteiger partial charge in [0, 0.05) is 13.1 Å². The fourth-order valence-corrected chi connectivity index (χ4v) is 4.53. The van der Waals surface area contributed by atoms with Crippen LogP contribution in [0.25, 0.3) is 5.65 Å². The van der Waals surface area contributed by atoms with Crippen molar-refractivity contribution in [2.24, 2.45) is 0 Å². The van der Waals surface area contributed by atoms with Gasteiger partial charge >= 0.3 is 0 Å². The normalized spacial score (nSPS) is 21.0. The Bertz CT molecular complexity index is 1130. The number of rotatable bonds is 5. The van der Waals surface area contributed by atoms with E-state index in [4.69, 9.17) is 9.47 Å². The number of carbonyl (C=O) groups is 1. The van der Waals surface area contributed by atoms with E-state index >= 15 is 0 Å². The highest BCUT2D eigenvalue weighted by Crippen LogP contribution is 2.36. The van der Waals surface area contributed by atoms with E-state index in [0.29, 0.717) is 11.5 Å². The quantitative estimate of drug-likeness (QED) is 0.622. The first-order chi connectivity index (χ1) is 14.9.